The summed E-state index contributed by atoms with van der Waals surface area (Å²) in [6.45, 7) is 0. The topological polar surface area (TPSA) is 15.8 Å². The van der Waals surface area contributed by atoms with Crippen molar-refractivity contribution < 1.29 is 4.39 Å². The van der Waals surface area contributed by atoms with Gasteiger partial charge in [0.15, 0.2) is 0 Å². The van der Waals surface area contributed by atoms with E-state index in [-0.39, 0.29) is 5.82 Å². The summed E-state index contributed by atoms with van der Waals surface area (Å²) in [5.41, 5.74) is 1.92. The highest BCUT2D eigenvalue weighted by Crippen LogP contribution is 2.16. The second-order valence-corrected chi connectivity index (χ2v) is 2.52. The maximum absolute atomic E-state index is 12.5. The first-order chi connectivity index (χ1) is 5.86. The summed E-state index contributed by atoms with van der Waals surface area (Å²) in [6, 6.07) is 10.0. The Morgan fingerprint density at radius 3 is 2.42 bits per heavy atom. The van der Waals surface area contributed by atoms with Crippen LogP contribution in [0, 0.1) is 12.0 Å². The van der Waals surface area contributed by atoms with E-state index in [1.807, 2.05) is 6.07 Å². The van der Waals surface area contributed by atoms with E-state index in [1.54, 1.807) is 18.2 Å². The van der Waals surface area contributed by atoms with Crippen molar-refractivity contribution in [2.75, 3.05) is 0 Å². The maximum atomic E-state index is 12.5. The van der Waals surface area contributed by atoms with Crippen molar-refractivity contribution in [2.24, 2.45) is 0 Å². The second kappa shape index (κ2) is 2.81. The van der Waals surface area contributed by atoms with Gasteiger partial charge in [0.25, 0.3) is 0 Å². The van der Waals surface area contributed by atoms with Crippen molar-refractivity contribution in [3.8, 4) is 11.3 Å². The summed E-state index contributed by atoms with van der Waals surface area (Å²) < 4.78 is 12.5. The molecule has 0 bridgehead atoms. The predicted octanol–water partition coefficient (Wildman–Crippen LogP) is 2.62. The van der Waals surface area contributed by atoms with Crippen LogP contribution >= 0.6 is 0 Å². The molecule has 0 saturated carbocycles. The van der Waals surface area contributed by atoms with Crippen LogP contribution in [-0.4, -0.2) is 4.98 Å². The Hall–Kier alpha value is -1.57. The van der Waals surface area contributed by atoms with Gasteiger partial charge in [-0.05, 0) is 42.0 Å². The Bertz CT molecular complexity index is 348. The van der Waals surface area contributed by atoms with Crippen LogP contribution in [-0.2, 0) is 0 Å². The largest absolute Gasteiger partial charge is 0.353 e. The van der Waals surface area contributed by atoms with Crippen molar-refractivity contribution >= 4 is 0 Å². The highest BCUT2D eigenvalue weighted by atomic mass is 19.1. The van der Waals surface area contributed by atoms with Gasteiger partial charge in [-0.2, -0.15) is 0 Å². The number of H-pyrrole nitrogens is 1. The van der Waals surface area contributed by atoms with Crippen LogP contribution < -0.4 is 0 Å². The van der Waals surface area contributed by atoms with Crippen LogP contribution in [0.25, 0.3) is 11.3 Å². The molecule has 59 valence electrons. The number of hydrogen-bond acceptors (Lipinski definition) is 0. The minimum Gasteiger partial charge on any atom is -0.353 e. The highest BCUT2D eigenvalue weighted by molar-refractivity contribution is 5.58. The zero-order valence-corrected chi connectivity index (χ0v) is 6.34. The molecule has 0 unspecified atom stereocenters. The number of benzene rings is 1. The fraction of sp³-hybridized carbons (Fsp3) is 0. The first-order valence-electron chi connectivity index (χ1n) is 3.67. The van der Waals surface area contributed by atoms with Crippen molar-refractivity contribution in [3.05, 3.63) is 48.4 Å². The molecule has 0 saturated heterocycles. The molecule has 0 spiro atoms. The molecule has 0 aliphatic heterocycles. The molecule has 1 heterocycles. The standard InChI is InChI=1S/C10H7FN/c11-9-5-3-8(4-6-9)10-2-1-7-12-10/h1-6,12H. The first-order valence-corrected chi connectivity index (χ1v) is 3.67. The van der Waals surface area contributed by atoms with Gasteiger partial charge in [0.2, 0.25) is 0 Å². The summed E-state index contributed by atoms with van der Waals surface area (Å²) in [5, 5.41) is 0. The Balaban J connectivity index is 2.43. The van der Waals surface area contributed by atoms with Gasteiger partial charge in [-0.25, -0.2) is 4.39 Å². The van der Waals surface area contributed by atoms with Crippen molar-refractivity contribution in [1.29, 1.82) is 0 Å². The number of rotatable bonds is 1. The minimum atomic E-state index is -0.214. The zero-order valence-electron chi connectivity index (χ0n) is 6.34. The number of hydrogen-bond donors (Lipinski definition) is 1. The monoisotopic (exact) mass is 160 g/mol. The second-order valence-electron chi connectivity index (χ2n) is 2.52. The lowest BCUT2D eigenvalue weighted by atomic mass is 10.1. The van der Waals surface area contributed by atoms with Gasteiger partial charge in [-0.15, -0.1) is 0 Å². The van der Waals surface area contributed by atoms with E-state index in [9.17, 15) is 4.39 Å². The maximum Gasteiger partial charge on any atom is 0.123 e. The minimum absolute atomic E-state index is 0.214. The van der Waals surface area contributed by atoms with Gasteiger partial charge in [0.05, 0.1) is 6.20 Å². The lowest BCUT2D eigenvalue weighted by Gasteiger charge is -1.95. The van der Waals surface area contributed by atoms with Crippen LogP contribution in [0.1, 0.15) is 0 Å². The van der Waals surface area contributed by atoms with Crippen LogP contribution in [0.3, 0.4) is 0 Å². The van der Waals surface area contributed by atoms with Crippen LogP contribution in [0.4, 0.5) is 4.39 Å². The molecule has 1 radical (unpaired) electrons. The molecular weight excluding hydrogens is 153 g/mol. The van der Waals surface area contributed by atoms with Gasteiger partial charge in [-0.3, -0.25) is 0 Å². The van der Waals surface area contributed by atoms with Crippen molar-refractivity contribution in [1.82, 2.24) is 4.98 Å². The average Bonchev–Trinajstić information content (AvgIpc) is 2.58. The van der Waals surface area contributed by atoms with Gasteiger partial charge in [0, 0.05) is 5.69 Å². The van der Waals surface area contributed by atoms with Crippen molar-refractivity contribution in [3.63, 3.8) is 0 Å². The molecular formula is C10H7FN. The third kappa shape index (κ3) is 1.23. The van der Waals surface area contributed by atoms with Gasteiger partial charge in [0.1, 0.15) is 5.82 Å². The Morgan fingerprint density at radius 2 is 1.83 bits per heavy atom. The molecule has 1 aromatic carbocycles. The number of aromatic nitrogens is 1. The normalized spacial score (nSPS) is 10.1. The molecule has 1 N–H and O–H groups in total. The summed E-state index contributed by atoms with van der Waals surface area (Å²) in [5.74, 6) is -0.214. The number of aromatic amines is 1. The molecule has 2 aromatic rings. The third-order valence-corrected chi connectivity index (χ3v) is 1.70. The fourth-order valence-corrected chi connectivity index (χ4v) is 1.08. The zero-order chi connectivity index (χ0) is 8.39. The van der Waals surface area contributed by atoms with E-state index in [0.29, 0.717) is 0 Å². The molecule has 2 heteroatoms. The summed E-state index contributed by atoms with van der Waals surface area (Å²) in [6.07, 6.45) is 2.82. The number of halogens is 1. The van der Waals surface area contributed by atoms with E-state index < -0.39 is 0 Å². The third-order valence-electron chi connectivity index (χ3n) is 1.70. The van der Waals surface area contributed by atoms with Crippen LogP contribution in [0.2, 0.25) is 0 Å². The first kappa shape index (κ1) is 7.10. The molecule has 0 fully saturated rings. The highest BCUT2D eigenvalue weighted by Gasteiger charge is 1.96. The Labute approximate surface area is 69.9 Å². The molecule has 1 nitrogen and oxygen atoms in total. The van der Waals surface area contributed by atoms with E-state index in [1.165, 1.54) is 12.1 Å². The summed E-state index contributed by atoms with van der Waals surface area (Å²) in [4.78, 5) is 2.93. The molecule has 0 amide bonds. The van der Waals surface area contributed by atoms with Crippen LogP contribution in [0.15, 0.2) is 36.4 Å². The van der Waals surface area contributed by atoms with Crippen molar-refractivity contribution in [2.45, 2.75) is 0 Å². The van der Waals surface area contributed by atoms with E-state index in [2.05, 4.69) is 11.2 Å². The summed E-state index contributed by atoms with van der Waals surface area (Å²) >= 11 is 0. The quantitative estimate of drug-likeness (QED) is 0.660. The molecule has 12 heavy (non-hydrogen) atoms. The van der Waals surface area contributed by atoms with Gasteiger partial charge in [-0.1, -0.05) is 0 Å². The fourth-order valence-electron chi connectivity index (χ4n) is 1.08. The summed E-state index contributed by atoms with van der Waals surface area (Å²) in [7, 11) is 0. The number of nitrogens with one attached hydrogen (secondary N) is 1. The van der Waals surface area contributed by atoms with E-state index in [0.717, 1.165) is 11.3 Å². The molecule has 1 aromatic heterocycles. The lowest BCUT2D eigenvalue weighted by Crippen LogP contribution is -1.77. The predicted molar refractivity (Wildman–Crippen MR) is 45.0 cm³/mol. The SMILES string of the molecule is Fc1ccc(-c2cc[c][nH]2)cc1. The average molecular weight is 160 g/mol. The smallest absolute Gasteiger partial charge is 0.123 e. The molecule has 0 atom stereocenters. The Morgan fingerprint density at radius 1 is 1.08 bits per heavy atom. The lowest BCUT2D eigenvalue weighted by molar-refractivity contribution is 0.628. The van der Waals surface area contributed by atoms with Gasteiger partial charge < -0.3 is 4.98 Å². The van der Waals surface area contributed by atoms with E-state index >= 15 is 0 Å². The molecule has 2 rings (SSSR count). The Kier molecular flexibility index (Phi) is 1.67. The van der Waals surface area contributed by atoms with E-state index in [4.69, 9.17) is 0 Å². The van der Waals surface area contributed by atoms with Crippen LogP contribution in [0.5, 0.6) is 0 Å². The molecule has 0 aliphatic rings. The molecule has 0 aliphatic carbocycles. The van der Waals surface area contributed by atoms with Gasteiger partial charge >= 0.3 is 0 Å².